The Hall–Kier alpha value is -1.21. The summed E-state index contributed by atoms with van der Waals surface area (Å²) < 4.78 is 8.07. The Balaban J connectivity index is 1.55. The van der Waals surface area contributed by atoms with Gasteiger partial charge in [-0.15, -0.1) is 0 Å². The molecule has 0 spiro atoms. The third-order valence-electron chi connectivity index (χ3n) is 3.56. The minimum absolute atomic E-state index is 0.0104. The average molecular weight is 282 g/mol. The standard InChI is InChI=1S/C12H18N4O2S/c1-2-18-9-5-8(9)11(17)13-6-10-14-15-12(19)16(10)7-3-4-7/h7-9H,2-6H2,1H3,(H,13,17)(H,15,19)/t8-,9-/m0/s1. The van der Waals surface area contributed by atoms with Gasteiger partial charge in [-0.25, -0.2) is 0 Å². The SMILES string of the molecule is CCO[C@H]1C[C@@H]1C(=O)NCc1n[nH]c(=S)n1C1CC1. The number of amides is 1. The molecule has 3 rings (SSSR count). The van der Waals surface area contributed by atoms with E-state index in [2.05, 4.69) is 15.5 Å². The maximum atomic E-state index is 11.9. The summed E-state index contributed by atoms with van der Waals surface area (Å²) in [5.41, 5.74) is 0. The molecule has 2 fully saturated rings. The number of rotatable bonds is 6. The molecule has 0 bridgehead atoms. The zero-order valence-electron chi connectivity index (χ0n) is 10.9. The topological polar surface area (TPSA) is 71.9 Å². The second kappa shape index (κ2) is 5.05. The van der Waals surface area contributed by atoms with Crippen molar-refractivity contribution in [2.24, 2.45) is 5.92 Å². The van der Waals surface area contributed by atoms with Crippen LogP contribution >= 0.6 is 12.2 Å². The third kappa shape index (κ3) is 2.71. The van der Waals surface area contributed by atoms with Crippen LogP contribution in [0.5, 0.6) is 0 Å². The Morgan fingerprint density at radius 3 is 3.11 bits per heavy atom. The number of nitrogens with zero attached hydrogens (tertiary/aromatic N) is 2. The van der Waals surface area contributed by atoms with Crippen LogP contribution in [0.25, 0.3) is 0 Å². The Morgan fingerprint density at radius 2 is 2.42 bits per heavy atom. The van der Waals surface area contributed by atoms with E-state index < -0.39 is 0 Å². The van der Waals surface area contributed by atoms with Gasteiger partial charge in [-0.05, 0) is 38.4 Å². The molecule has 104 valence electrons. The fourth-order valence-electron chi connectivity index (χ4n) is 2.31. The fraction of sp³-hybridized carbons (Fsp3) is 0.750. The fourth-order valence-corrected chi connectivity index (χ4v) is 2.61. The van der Waals surface area contributed by atoms with Crippen molar-refractivity contribution in [3.05, 3.63) is 10.6 Å². The van der Waals surface area contributed by atoms with Gasteiger partial charge < -0.3 is 10.1 Å². The van der Waals surface area contributed by atoms with Crippen molar-refractivity contribution in [1.29, 1.82) is 0 Å². The van der Waals surface area contributed by atoms with Gasteiger partial charge in [0.25, 0.3) is 0 Å². The number of nitrogens with one attached hydrogen (secondary N) is 2. The highest BCUT2D eigenvalue weighted by atomic mass is 32.1. The molecular formula is C12H18N4O2S. The summed E-state index contributed by atoms with van der Waals surface area (Å²) in [6.45, 7) is 3.04. The predicted molar refractivity (Wildman–Crippen MR) is 71.1 cm³/mol. The van der Waals surface area contributed by atoms with Gasteiger partial charge in [0.05, 0.1) is 18.6 Å². The molecule has 1 amide bonds. The van der Waals surface area contributed by atoms with Gasteiger partial charge in [-0.1, -0.05) is 0 Å². The molecule has 1 aromatic rings. The van der Waals surface area contributed by atoms with Crippen LogP contribution in [-0.4, -0.2) is 33.4 Å². The number of hydrogen-bond donors (Lipinski definition) is 2. The van der Waals surface area contributed by atoms with Crippen LogP contribution in [0.1, 0.15) is 38.1 Å². The average Bonchev–Trinajstić information content (AvgIpc) is 3.29. The molecule has 0 radical (unpaired) electrons. The van der Waals surface area contributed by atoms with Gasteiger partial charge in [0.15, 0.2) is 10.6 Å². The quantitative estimate of drug-likeness (QED) is 0.772. The van der Waals surface area contributed by atoms with Gasteiger partial charge in [-0.2, -0.15) is 5.10 Å². The van der Waals surface area contributed by atoms with E-state index in [1.807, 2.05) is 11.5 Å². The minimum atomic E-state index is 0.0104. The lowest BCUT2D eigenvalue weighted by atomic mass is 10.4. The molecule has 7 heteroatoms. The van der Waals surface area contributed by atoms with E-state index in [0.29, 0.717) is 24.0 Å². The second-order valence-corrected chi connectivity index (χ2v) is 5.49. The normalized spacial score (nSPS) is 25.3. The first kappa shape index (κ1) is 12.8. The zero-order chi connectivity index (χ0) is 13.4. The van der Waals surface area contributed by atoms with Gasteiger partial charge in [0.1, 0.15) is 0 Å². The molecular weight excluding hydrogens is 264 g/mol. The summed E-state index contributed by atoms with van der Waals surface area (Å²) in [7, 11) is 0. The lowest BCUT2D eigenvalue weighted by molar-refractivity contribution is -0.123. The first-order chi connectivity index (χ1) is 9.20. The van der Waals surface area contributed by atoms with Crippen molar-refractivity contribution >= 4 is 18.1 Å². The van der Waals surface area contributed by atoms with E-state index in [9.17, 15) is 4.79 Å². The molecule has 0 saturated heterocycles. The summed E-state index contributed by atoms with van der Waals surface area (Å²) in [5, 5.41) is 9.90. The van der Waals surface area contributed by atoms with Crippen LogP contribution < -0.4 is 5.32 Å². The van der Waals surface area contributed by atoms with Crippen molar-refractivity contribution in [3.8, 4) is 0 Å². The number of aromatic nitrogens is 3. The zero-order valence-corrected chi connectivity index (χ0v) is 11.7. The van der Waals surface area contributed by atoms with Crippen LogP contribution in [0, 0.1) is 10.7 Å². The van der Waals surface area contributed by atoms with Crippen LogP contribution in [-0.2, 0) is 16.1 Å². The van der Waals surface area contributed by atoms with Crippen LogP contribution in [0.4, 0.5) is 0 Å². The molecule has 1 aromatic heterocycles. The highest BCUT2D eigenvalue weighted by Crippen LogP contribution is 2.36. The van der Waals surface area contributed by atoms with Crippen molar-refractivity contribution in [2.45, 2.75) is 44.9 Å². The Kier molecular flexibility index (Phi) is 3.40. The number of H-pyrrole nitrogens is 1. The van der Waals surface area contributed by atoms with E-state index >= 15 is 0 Å². The molecule has 0 unspecified atom stereocenters. The predicted octanol–water partition coefficient (Wildman–Crippen LogP) is 1.32. The largest absolute Gasteiger partial charge is 0.378 e. The molecule has 2 saturated carbocycles. The molecule has 0 aromatic carbocycles. The summed E-state index contributed by atoms with van der Waals surface area (Å²) in [4.78, 5) is 11.9. The summed E-state index contributed by atoms with van der Waals surface area (Å²) in [6.07, 6.45) is 3.22. The number of hydrogen-bond acceptors (Lipinski definition) is 4. The maximum absolute atomic E-state index is 11.9. The van der Waals surface area contributed by atoms with Crippen LogP contribution in [0.2, 0.25) is 0 Å². The van der Waals surface area contributed by atoms with Gasteiger partial charge in [0, 0.05) is 12.6 Å². The monoisotopic (exact) mass is 282 g/mol. The summed E-state index contributed by atoms with van der Waals surface area (Å²) in [6, 6.07) is 0.468. The Bertz CT molecular complexity index is 534. The Morgan fingerprint density at radius 1 is 1.63 bits per heavy atom. The minimum Gasteiger partial charge on any atom is -0.378 e. The van der Waals surface area contributed by atoms with Crippen molar-refractivity contribution < 1.29 is 9.53 Å². The van der Waals surface area contributed by atoms with Crippen molar-refractivity contribution in [1.82, 2.24) is 20.1 Å². The van der Waals surface area contributed by atoms with Gasteiger partial charge >= 0.3 is 0 Å². The summed E-state index contributed by atoms with van der Waals surface area (Å²) >= 11 is 5.20. The van der Waals surface area contributed by atoms with E-state index in [4.69, 9.17) is 17.0 Å². The van der Waals surface area contributed by atoms with Crippen LogP contribution in [0.15, 0.2) is 0 Å². The molecule has 6 nitrogen and oxygen atoms in total. The summed E-state index contributed by atoms with van der Waals surface area (Å²) in [5.74, 6) is 0.875. The molecule has 2 N–H and O–H groups in total. The number of aromatic amines is 1. The number of ether oxygens (including phenoxy) is 1. The highest BCUT2D eigenvalue weighted by Gasteiger charge is 2.43. The first-order valence-corrected chi connectivity index (χ1v) is 7.16. The molecule has 0 aliphatic heterocycles. The van der Waals surface area contributed by atoms with Crippen LogP contribution in [0.3, 0.4) is 0 Å². The Labute approximate surface area is 116 Å². The molecule has 2 aliphatic carbocycles. The van der Waals surface area contributed by atoms with Crippen molar-refractivity contribution in [2.75, 3.05) is 6.61 Å². The number of carbonyl (C=O) groups is 1. The lowest BCUT2D eigenvalue weighted by Gasteiger charge is -2.06. The third-order valence-corrected chi connectivity index (χ3v) is 3.85. The first-order valence-electron chi connectivity index (χ1n) is 6.75. The number of carbonyl (C=O) groups excluding carboxylic acids is 1. The van der Waals surface area contributed by atoms with E-state index in [1.165, 1.54) is 0 Å². The lowest BCUT2D eigenvalue weighted by Crippen LogP contribution is -2.27. The van der Waals surface area contributed by atoms with E-state index in [-0.39, 0.29) is 17.9 Å². The highest BCUT2D eigenvalue weighted by molar-refractivity contribution is 7.71. The van der Waals surface area contributed by atoms with Gasteiger partial charge in [0.2, 0.25) is 5.91 Å². The maximum Gasteiger partial charge on any atom is 0.226 e. The molecule has 2 aliphatic rings. The molecule has 19 heavy (non-hydrogen) atoms. The van der Waals surface area contributed by atoms with E-state index in [1.54, 1.807) is 0 Å². The second-order valence-electron chi connectivity index (χ2n) is 5.10. The van der Waals surface area contributed by atoms with E-state index in [0.717, 1.165) is 25.1 Å². The van der Waals surface area contributed by atoms with Gasteiger partial charge in [-0.3, -0.25) is 14.5 Å². The van der Waals surface area contributed by atoms with Crippen molar-refractivity contribution in [3.63, 3.8) is 0 Å². The molecule has 1 heterocycles. The molecule has 2 atom stereocenters. The smallest absolute Gasteiger partial charge is 0.226 e.